The third-order valence-corrected chi connectivity index (χ3v) is 2.97. The maximum absolute atomic E-state index is 10.9. The second kappa shape index (κ2) is 40.5. The maximum atomic E-state index is 10.9. The van der Waals surface area contributed by atoms with E-state index >= 15 is 0 Å². The number of hydrogen-bond donors (Lipinski definition) is 0. The lowest BCUT2D eigenvalue weighted by atomic mass is 10.2. The van der Waals surface area contributed by atoms with Crippen LogP contribution in [0.2, 0.25) is 0 Å². The van der Waals surface area contributed by atoms with E-state index in [1.807, 2.05) is 41.5 Å². The van der Waals surface area contributed by atoms with Gasteiger partial charge in [0, 0.05) is 25.7 Å². The molecule has 8 nitrogen and oxygen atoms in total. The summed E-state index contributed by atoms with van der Waals surface area (Å²) in [6.07, 6.45) is 6.99. The van der Waals surface area contributed by atoms with E-state index in [1.54, 1.807) is 6.92 Å². The van der Waals surface area contributed by atoms with Crippen molar-refractivity contribution in [2.24, 2.45) is 0 Å². The van der Waals surface area contributed by atoms with Gasteiger partial charge < -0.3 is 18.9 Å². The second-order valence-electron chi connectivity index (χ2n) is 5.19. The molecule has 0 N–H and O–H groups in total. The van der Waals surface area contributed by atoms with Gasteiger partial charge in [-0.25, -0.2) is 0 Å². The number of rotatable bonds is 14. The molecule has 0 unspecified atom stereocenters. The summed E-state index contributed by atoms with van der Waals surface area (Å²) in [7, 11) is 0. The fourth-order valence-electron chi connectivity index (χ4n) is 1.77. The summed E-state index contributed by atoms with van der Waals surface area (Å²) >= 11 is 0. The Hall–Kier alpha value is -2.90. The molecule has 0 aromatic rings. The minimum atomic E-state index is -0.336. The number of unbranched alkanes of at least 4 members (excludes halogenated alkanes) is 2. The van der Waals surface area contributed by atoms with E-state index in [1.165, 1.54) is 0 Å². The smallest absolute Gasteiger partial charge is 0.310 e. The van der Waals surface area contributed by atoms with Gasteiger partial charge in [0.2, 0.25) is 0 Å². The molecular weight excluding hydrogens is 440 g/mol. The number of ether oxygens (including phenoxy) is 4. The molecule has 0 rings (SSSR count). The third-order valence-electron chi connectivity index (χ3n) is 2.97. The van der Waals surface area contributed by atoms with Gasteiger partial charge in [0.25, 0.3) is 0 Å². The fraction of sp³-hybridized carbons (Fsp3) is 0.615. The molecule has 200 valence electrons. The highest BCUT2D eigenvalue weighted by atomic mass is 16.5. The van der Waals surface area contributed by atoms with Gasteiger partial charge >= 0.3 is 23.9 Å². The van der Waals surface area contributed by atoms with E-state index in [-0.39, 0.29) is 36.7 Å². The van der Waals surface area contributed by atoms with Crippen LogP contribution in [0.4, 0.5) is 0 Å². The van der Waals surface area contributed by atoms with Crippen molar-refractivity contribution in [1.82, 2.24) is 0 Å². The van der Waals surface area contributed by atoms with Crippen molar-refractivity contribution in [3.63, 3.8) is 0 Å². The first-order chi connectivity index (χ1) is 16.4. The van der Waals surface area contributed by atoms with E-state index in [9.17, 15) is 19.2 Å². The number of carbonyl (C=O) groups excluding carboxylic acids is 4. The van der Waals surface area contributed by atoms with Crippen molar-refractivity contribution >= 4 is 23.9 Å². The van der Waals surface area contributed by atoms with Gasteiger partial charge in [-0.15, -0.1) is 0 Å². The summed E-state index contributed by atoms with van der Waals surface area (Å²) in [6.45, 7) is 23.9. The molecule has 0 aliphatic carbocycles. The predicted octanol–water partition coefficient (Wildman–Crippen LogP) is 6.80. The average Bonchev–Trinajstić information content (AvgIpc) is 2.85. The molecule has 0 aromatic heterocycles. The minimum Gasteiger partial charge on any atom is -0.466 e. The molecule has 0 atom stereocenters. The highest BCUT2D eigenvalue weighted by Crippen LogP contribution is 2.03. The normalized spacial score (nSPS) is 7.97. The van der Waals surface area contributed by atoms with Crippen molar-refractivity contribution in [1.29, 1.82) is 0 Å². The molecule has 0 spiro atoms. The number of carbonyl (C=O) groups is 4. The van der Waals surface area contributed by atoms with E-state index in [0.717, 1.165) is 18.8 Å². The van der Waals surface area contributed by atoms with E-state index < -0.39 is 0 Å². The Labute approximate surface area is 207 Å². The molecule has 0 saturated carbocycles. The van der Waals surface area contributed by atoms with Gasteiger partial charge in [-0.1, -0.05) is 61.3 Å². The zero-order valence-electron chi connectivity index (χ0n) is 22.5. The lowest BCUT2D eigenvalue weighted by molar-refractivity contribution is -0.144. The summed E-state index contributed by atoms with van der Waals surface area (Å²) in [5.74, 6) is -1.21. The van der Waals surface area contributed by atoms with Crippen molar-refractivity contribution in [3.05, 3.63) is 38.5 Å². The van der Waals surface area contributed by atoms with Gasteiger partial charge in [0.05, 0.1) is 25.4 Å². The first kappa shape index (κ1) is 41.4. The summed E-state index contributed by atoms with van der Waals surface area (Å²) in [5.41, 5.74) is 0. The summed E-state index contributed by atoms with van der Waals surface area (Å²) in [5, 5.41) is 0. The molecule has 0 aromatic carbocycles. The fourth-order valence-corrected chi connectivity index (χ4v) is 1.77. The molecule has 0 radical (unpaired) electrons. The van der Waals surface area contributed by atoms with Crippen LogP contribution in [0.5, 0.6) is 0 Å². The molecule has 0 heterocycles. The third kappa shape index (κ3) is 43.1. The quantitative estimate of drug-likeness (QED) is 0.114. The van der Waals surface area contributed by atoms with Crippen LogP contribution in [-0.4, -0.2) is 30.5 Å². The molecule has 0 fully saturated rings. The highest BCUT2D eigenvalue weighted by molar-refractivity contribution is 5.71. The maximum Gasteiger partial charge on any atom is 0.310 e. The zero-order valence-corrected chi connectivity index (χ0v) is 22.5. The van der Waals surface area contributed by atoms with Gasteiger partial charge in [-0.2, -0.15) is 0 Å². The number of esters is 4. The Morgan fingerprint density at radius 2 is 0.765 bits per heavy atom. The molecule has 0 amide bonds. The first-order valence-corrected chi connectivity index (χ1v) is 12.0. The Balaban J connectivity index is -0.000000135. The predicted molar refractivity (Wildman–Crippen MR) is 136 cm³/mol. The van der Waals surface area contributed by atoms with Gasteiger partial charge in [-0.3, -0.25) is 19.2 Å². The SMILES string of the molecule is C=COC(=O)CCCCC(=O)OC=C.C=COC(=O)CCCCC(=O)OCC.CC.CC.CC. The van der Waals surface area contributed by atoms with Crippen LogP contribution >= 0.6 is 0 Å². The van der Waals surface area contributed by atoms with E-state index in [2.05, 4.69) is 33.9 Å². The number of hydrogen-bond acceptors (Lipinski definition) is 8. The Morgan fingerprint density at radius 3 is 0.971 bits per heavy atom. The van der Waals surface area contributed by atoms with Crippen LogP contribution in [-0.2, 0) is 38.1 Å². The zero-order chi connectivity index (χ0) is 27.6. The lowest BCUT2D eigenvalue weighted by Gasteiger charge is -2.01. The summed E-state index contributed by atoms with van der Waals surface area (Å²) in [4.78, 5) is 43.2. The monoisotopic (exact) mass is 488 g/mol. The molecule has 0 aliphatic rings. The Kier molecular flexibility index (Phi) is 49.2. The lowest BCUT2D eigenvalue weighted by Crippen LogP contribution is -2.04. The van der Waals surface area contributed by atoms with Crippen LogP contribution in [0.15, 0.2) is 38.5 Å². The Morgan fingerprint density at radius 1 is 0.529 bits per heavy atom. The molecule has 0 saturated heterocycles. The van der Waals surface area contributed by atoms with Crippen molar-refractivity contribution in [3.8, 4) is 0 Å². The summed E-state index contributed by atoms with van der Waals surface area (Å²) < 4.78 is 18.2. The van der Waals surface area contributed by atoms with Gasteiger partial charge in [0.1, 0.15) is 0 Å². The molecule has 34 heavy (non-hydrogen) atoms. The topological polar surface area (TPSA) is 105 Å². The standard InChI is InChI=1S/C10H16O4.C10H14O4.3C2H6/c2*1-3-13-9(11)7-5-6-8-10(12)14-4-2;3*1-2/h3H,1,4-8H2,2H3;3-4H,1-2,5-8H2;3*1-2H3. The van der Waals surface area contributed by atoms with Crippen LogP contribution in [0.3, 0.4) is 0 Å². The van der Waals surface area contributed by atoms with Crippen LogP contribution in [0.1, 0.15) is 99.8 Å². The van der Waals surface area contributed by atoms with Crippen molar-refractivity contribution in [2.75, 3.05) is 6.61 Å². The van der Waals surface area contributed by atoms with Crippen LogP contribution in [0, 0.1) is 0 Å². The highest BCUT2D eigenvalue weighted by Gasteiger charge is 2.04. The van der Waals surface area contributed by atoms with E-state index in [4.69, 9.17) is 4.74 Å². The van der Waals surface area contributed by atoms with Crippen molar-refractivity contribution in [2.45, 2.75) is 99.8 Å². The van der Waals surface area contributed by atoms with E-state index in [0.29, 0.717) is 45.1 Å². The molecule has 0 aliphatic heterocycles. The molecule has 8 heteroatoms. The Bertz CT molecular complexity index is 489. The van der Waals surface area contributed by atoms with Gasteiger partial charge in [0.15, 0.2) is 0 Å². The minimum absolute atomic E-state index is 0.218. The summed E-state index contributed by atoms with van der Waals surface area (Å²) in [6, 6.07) is 0. The second-order valence-corrected chi connectivity index (χ2v) is 5.19. The molecule has 0 bridgehead atoms. The largest absolute Gasteiger partial charge is 0.466 e. The molecular formula is C26H48O8. The first-order valence-electron chi connectivity index (χ1n) is 12.0. The van der Waals surface area contributed by atoms with Crippen molar-refractivity contribution < 1.29 is 38.1 Å². The van der Waals surface area contributed by atoms with Crippen LogP contribution in [0.25, 0.3) is 0 Å². The average molecular weight is 489 g/mol. The van der Waals surface area contributed by atoms with Gasteiger partial charge in [-0.05, 0) is 32.6 Å². The van der Waals surface area contributed by atoms with Crippen LogP contribution < -0.4 is 0 Å².